The summed E-state index contributed by atoms with van der Waals surface area (Å²) in [5.41, 5.74) is 0. The lowest BCUT2D eigenvalue weighted by molar-refractivity contribution is -0.144. The molecule has 3 nitrogen and oxygen atoms in total. The van der Waals surface area contributed by atoms with Crippen LogP contribution in [0.4, 0.5) is 0 Å². The monoisotopic (exact) mass is 240 g/mol. The van der Waals surface area contributed by atoms with Crippen molar-refractivity contribution < 1.29 is 14.6 Å². The summed E-state index contributed by atoms with van der Waals surface area (Å²) >= 11 is 0. The Morgan fingerprint density at radius 1 is 1.35 bits per heavy atom. The van der Waals surface area contributed by atoms with Crippen molar-refractivity contribution in [3.63, 3.8) is 0 Å². The number of hydrogen-bond acceptors (Lipinski definition) is 3. The molecule has 1 N–H and O–H groups in total. The zero-order chi connectivity index (χ0) is 12.7. The Hall–Kier alpha value is -0.830. The lowest BCUT2D eigenvalue weighted by atomic mass is 9.89. The molecular formula is C14H24O3. The van der Waals surface area contributed by atoms with Gasteiger partial charge in [0.2, 0.25) is 0 Å². The van der Waals surface area contributed by atoms with Crippen LogP contribution >= 0.6 is 0 Å². The molecule has 1 aliphatic carbocycles. The third kappa shape index (κ3) is 4.50. The predicted molar refractivity (Wildman–Crippen MR) is 67.5 cm³/mol. The molecule has 0 unspecified atom stereocenters. The molecule has 98 valence electrons. The van der Waals surface area contributed by atoms with Gasteiger partial charge in [-0.05, 0) is 44.4 Å². The van der Waals surface area contributed by atoms with Gasteiger partial charge < -0.3 is 9.84 Å². The number of ether oxygens (including phenoxy) is 1. The largest absolute Gasteiger partial charge is 0.466 e. The van der Waals surface area contributed by atoms with Crippen molar-refractivity contribution in [1.29, 1.82) is 0 Å². The molecule has 1 fully saturated rings. The van der Waals surface area contributed by atoms with E-state index in [0.29, 0.717) is 13.0 Å². The third-order valence-electron chi connectivity index (χ3n) is 3.48. The zero-order valence-electron chi connectivity index (χ0n) is 10.9. The van der Waals surface area contributed by atoms with Gasteiger partial charge in [-0.3, -0.25) is 4.79 Å². The maximum atomic E-state index is 11.5. The van der Waals surface area contributed by atoms with Crippen LogP contribution in [-0.4, -0.2) is 23.8 Å². The second kappa shape index (κ2) is 7.49. The molecular weight excluding hydrogens is 216 g/mol. The Kier molecular flexibility index (Phi) is 6.27. The normalized spacial score (nSPS) is 28.8. The van der Waals surface area contributed by atoms with E-state index in [9.17, 15) is 9.90 Å². The smallest absolute Gasteiger partial charge is 0.306 e. The lowest BCUT2D eigenvalue weighted by Gasteiger charge is -2.19. The van der Waals surface area contributed by atoms with Gasteiger partial charge in [-0.15, -0.1) is 0 Å². The van der Waals surface area contributed by atoms with Gasteiger partial charge >= 0.3 is 5.97 Å². The highest BCUT2D eigenvalue weighted by Crippen LogP contribution is 2.37. The fourth-order valence-electron chi connectivity index (χ4n) is 2.58. The molecule has 0 amide bonds. The van der Waals surface area contributed by atoms with Crippen molar-refractivity contribution in [2.75, 3.05) is 6.61 Å². The van der Waals surface area contributed by atoms with E-state index in [4.69, 9.17) is 4.74 Å². The molecule has 3 atom stereocenters. The maximum absolute atomic E-state index is 11.5. The van der Waals surface area contributed by atoms with Gasteiger partial charge in [0.1, 0.15) is 0 Å². The number of carbonyl (C=O) groups is 1. The molecule has 17 heavy (non-hydrogen) atoms. The summed E-state index contributed by atoms with van der Waals surface area (Å²) in [6.45, 7) is 4.36. The van der Waals surface area contributed by atoms with Gasteiger partial charge in [0, 0.05) is 6.42 Å². The van der Waals surface area contributed by atoms with E-state index in [0.717, 1.165) is 25.7 Å². The summed E-state index contributed by atoms with van der Waals surface area (Å²) in [5, 5.41) is 9.92. The molecule has 0 spiro atoms. The van der Waals surface area contributed by atoms with Crippen LogP contribution in [0.15, 0.2) is 12.2 Å². The highest BCUT2D eigenvalue weighted by Gasteiger charge is 2.35. The number of hydrogen-bond donors (Lipinski definition) is 1. The minimum Gasteiger partial charge on any atom is -0.466 e. The third-order valence-corrected chi connectivity index (χ3v) is 3.48. The van der Waals surface area contributed by atoms with Crippen molar-refractivity contribution in [3.05, 3.63) is 12.2 Å². The number of carbonyl (C=O) groups excluding carboxylic acids is 1. The minimum absolute atomic E-state index is 0.129. The molecule has 0 heterocycles. The van der Waals surface area contributed by atoms with Crippen LogP contribution < -0.4 is 0 Å². The quantitative estimate of drug-likeness (QED) is 0.573. The Morgan fingerprint density at radius 3 is 2.76 bits per heavy atom. The van der Waals surface area contributed by atoms with Gasteiger partial charge in [0.05, 0.1) is 12.7 Å². The van der Waals surface area contributed by atoms with E-state index >= 15 is 0 Å². The Balaban J connectivity index is 2.46. The molecule has 0 bridgehead atoms. The summed E-state index contributed by atoms with van der Waals surface area (Å²) in [4.78, 5) is 11.5. The first kappa shape index (κ1) is 14.2. The lowest BCUT2D eigenvalue weighted by Crippen LogP contribution is -2.21. The van der Waals surface area contributed by atoms with Gasteiger partial charge in [-0.25, -0.2) is 0 Å². The molecule has 0 saturated heterocycles. The predicted octanol–water partition coefficient (Wildman–Crippen LogP) is 2.68. The minimum atomic E-state index is -0.254. The van der Waals surface area contributed by atoms with Crippen molar-refractivity contribution in [2.24, 2.45) is 11.8 Å². The molecule has 0 aromatic carbocycles. The molecule has 1 saturated carbocycles. The molecule has 0 aromatic heterocycles. The first-order valence-electron chi connectivity index (χ1n) is 6.67. The van der Waals surface area contributed by atoms with Gasteiger partial charge in [0.25, 0.3) is 0 Å². The van der Waals surface area contributed by atoms with Crippen LogP contribution in [0, 0.1) is 11.8 Å². The van der Waals surface area contributed by atoms with E-state index in [2.05, 4.69) is 19.1 Å². The molecule has 0 aromatic rings. The zero-order valence-corrected chi connectivity index (χ0v) is 10.9. The number of rotatable bonds is 6. The van der Waals surface area contributed by atoms with Crippen LogP contribution in [0.1, 0.15) is 46.0 Å². The number of allylic oxidation sites excluding steroid dienone is 2. The standard InChI is InChI=1S/C14H24O3/c1-3-5-6-7-12-11(8-9-13(12)15)10-14(16)17-4-2/h5-6,11-13,15H,3-4,7-10H2,1-2H3/b6-5+/t11-,12+,13+/m1/s1. The van der Waals surface area contributed by atoms with Crippen molar-refractivity contribution in [2.45, 2.75) is 52.1 Å². The first-order valence-corrected chi connectivity index (χ1v) is 6.67. The Bertz CT molecular complexity index is 260. The van der Waals surface area contributed by atoms with Gasteiger partial charge in [-0.2, -0.15) is 0 Å². The van der Waals surface area contributed by atoms with Gasteiger partial charge in [-0.1, -0.05) is 19.1 Å². The van der Waals surface area contributed by atoms with E-state index in [1.165, 1.54) is 0 Å². The van der Waals surface area contributed by atoms with Gasteiger partial charge in [0.15, 0.2) is 0 Å². The van der Waals surface area contributed by atoms with Crippen LogP contribution in [0.3, 0.4) is 0 Å². The molecule has 1 aliphatic rings. The van der Waals surface area contributed by atoms with Crippen molar-refractivity contribution >= 4 is 5.97 Å². The van der Waals surface area contributed by atoms with Crippen LogP contribution in [0.5, 0.6) is 0 Å². The summed E-state index contributed by atoms with van der Waals surface area (Å²) in [6, 6.07) is 0. The average Bonchev–Trinajstić information content (AvgIpc) is 2.62. The average molecular weight is 240 g/mol. The van der Waals surface area contributed by atoms with Crippen LogP contribution in [0.25, 0.3) is 0 Å². The summed E-state index contributed by atoms with van der Waals surface area (Å²) in [5.74, 6) is 0.379. The maximum Gasteiger partial charge on any atom is 0.306 e. The Labute approximate surface area is 104 Å². The van der Waals surface area contributed by atoms with E-state index < -0.39 is 0 Å². The summed E-state index contributed by atoms with van der Waals surface area (Å²) < 4.78 is 4.97. The summed E-state index contributed by atoms with van der Waals surface area (Å²) in [6.07, 6.45) is 8.08. The second-order valence-corrected chi connectivity index (χ2v) is 4.69. The molecule has 0 aliphatic heterocycles. The van der Waals surface area contributed by atoms with Crippen LogP contribution in [0.2, 0.25) is 0 Å². The molecule has 1 rings (SSSR count). The van der Waals surface area contributed by atoms with E-state index in [1.54, 1.807) is 0 Å². The molecule has 3 heteroatoms. The second-order valence-electron chi connectivity index (χ2n) is 4.69. The fourth-order valence-corrected chi connectivity index (χ4v) is 2.58. The SMILES string of the molecule is CC/C=C/C[C@H]1[C@@H](CC(=O)OCC)CC[C@@H]1O. The topological polar surface area (TPSA) is 46.5 Å². The number of aliphatic hydroxyl groups excluding tert-OH is 1. The first-order chi connectivity index (χ1) is 8.19. The van der Waals surface area contributed by atoms with Crippen LogP contribution in [-0.2, 0) is 9.53 Å². The number of esters is 1. The van der Waals surface area contributed by atoms with E-state index in [-0.39, 0.29) is 23.9 Å². The highest BCUT2D eigenvalue weighted by molar-refractivity contribution is 5.69. The van der Waals surface area contributed by atoms with Crippen molar-refractivity contribution in [1.82, 2.24) is 0 Å². The Morgan fingerprint density at radius 2 is 2.12 bits per heavy atom. The number of aliphatic hydroxyl groups is 1. The van der Waals surface area contributed by atoms with E-state index in [1.807, 2.05) is 6.92 Å². The van der Waals surface area contributed by atoms with Crippen molar-refractivity contribution in [3.8, 4) is 0 Å². The fraction of sp³-hybridized carbons (Fsp3) is 0.786. The highest BCUT2D eigenvalue weighted by atomic mass is 16.5. The molecule has 0 radical (unpaired) electrons. The summed E-state index contributed by atoms with van der Waals surface area (Å²) in [7, 11) is 0.